The SMILES string of the molecule is COc1cc(Cc2cnc(N)nc2N)cc(/C=C/C(=O)N2N=Cc3ccccc3C2c2ccc(O)cc2)c1O. The van der Waals surface area contributed by atoms with Crippen LogP contribution in [0.1, 0.15) is 39.4 Å². The van der Waals surface area contributed by atoms with Gasteiger partial charge in [-0.1, -0.05) is 36.4 Å². The first-order chi connectivity index (χ1) is 18.8. The average molecular weight is 523 g/mol. The molecule has 6 N–H and O–H groups in total. The molecule has 39 heavy (non-hydrogen) atoms. The molecular formula is C29H26N6O4. The molecule has 196 valence electrons. The maximum atomic E-state index is 13.5. The lowest BCUT2D eigenvalue weighted by atomic mass is 9.93. The van der Waals surface area contributed by atoms with E-state index in [0.717, 1.165) is 22.3 Å². The Bertz CT molecular complexity index is 1600. The van der Waals surface area contributed by atoms with Crippen LogP contribution in [0.3, 0.4) is 0 Å². The van der Waals surface area contributed by atoms with Crippen molar-refractivity contribution >= 4 is 30.0 Å². The van der Waals surface area contributed by atoms with E-state index in [1.54, 1.807) is 48.8 Å². The number of hydrogen-bond donors (Lipinski definition) is 4. The Kier molecular flexibility index (Phi) is 6.83. The molecule has 0 bridgehead atoms. The molecule has 1 atom stereocenters. The van der Waals surface area contributed by atoms with Crippen LogP contribution >= 0.6 is 0 Å². The highest BCUT2D eigenvalue weighted by molar-refractivity contribution is 5.95. The van der Waals surface area contributed by atoms with Crippen molar-refractivity contribution in [2.45, 2.75) is 12.5 Å². The largest absolute Gasteiger partial charge is 0.508 e. The van der Waals surface area contributed by atoms with Crippen LogP contribution in [0.4, 0.5) is 11.8 Å². The molecule has 10 nitrogen and oxygen atoms in total. The molecule has 1 amide bonds. The number of methoxy groups -OCH3 is 1. The fraction of sp³-hybridized carbons (Fsp3) is 0.103. The number of amides is 1. The van der Waals surface area contributed by atoms with Crippen LogP contribution in [0.5, 0.6) is 17.2 Å². The summed E-state index contributed by atoms with van der Waals surface area (Å²) in [5.74, 6) is 0.177. The minimum atomic E-state index is -0.507. The Morgan fingerprint density at radius 1 is 1.10 bits per heavy atom. The molecule has 2 heterocycles. The highest BCUT2D eigenvalue weighted by atomic mass is 16.5. The summed E-state index contributed by atoms with van der Waals surface area (Å²) >= 11 is 0. The summed E-state index contributed by atoms with van der Waals surface area (Å²) in [5.41, 5.74) is 15.9. The van der Waals surface area contributed by atoms with E-state index >= 15 is 0 Å². The zero-order chi connectivity index (χ0) is 27.5. The second kappa shape index (κ2) is 10.5. The van der Waals surface area contributed by atoms with Gasteiger partial charge in [0.25, 0.3) is 5.91 Å². The van der Waals surface area contributed by atoms with Gasteiger partial charge in [0.2, 0.25) is 5.95 Å². The van der Waals surface area contributed by atoms with Crippen molar-refractivity contribution in [3.8, 4) is 17.2 Å². The van der Waals surface area contributed by atoms with Crippen LogP contribution in [0.25, 0.3) is 6.08 Å². The summed E-state index contributed by atoms with van der Waals surface area (Å²) in [6, 6.07) is 17.2. The summed E-state index contributed by atoms with van der Waals surface area (Å²) < 4.78 is 5.35. The molecule has 0 fully saturated rings. The number of nitrogen functional groups attached to an aromatic ring is 2. The van der Waals surface area contributed by atoms with Gasteiger partial charge in [-0.2, -0.15) is 10.1 Å². The van der Waals surface area contributed by atoms with Crippen molar-refractivity contribution < 1.29 is 19.7 Å². The van der Waals surface area contributed by atoms with E-state index < -0.39 is 11.9 Å². The molecule has 3 aromatic carbocycles. The Morgan fingerprint density at radius 2 is 1.87 bits per heavy atom. The van der Waals surface area contributed by atoms with E-state index in [9.17, 15) is 15.0 Å². The lowest BCUT2D eigenvalue weighted by Gasteiger charge is -2.31. The van der Waals surface area contributed by atoms with E-state index in [2.05, 4.69) is 15.1 Å². The Morgan fingerprint density at radius 3 is 2.62 bits per heavy atom. The summed E-state index contributed by atoms with van der Waals surface area (Å²) in [4.78, 5) is 21.5. The maximum absolute atomic E-state index is 13.5. The standard InChI is InChI=1S/C29H26N6O4/c1-39-24-14-17(13-21-15-32-29(31)34-28(21)30)12-19(27(24)38)8-11-25(37)35-26(18-6-9-22(36)10-7-18)23-5-3-2-4-20(23)16-33-35/h2-12,14-16,26,36,38H,13H2,1H3,(H4,30,31,32,34)/b11-8+. The van der Waals surface area contributed by atoms with Crippen LogP contribution in [-0.4, -0.2) is 44.4 Å². The fourth-order valence-electron chi connectivity index (χ4n) is 4.46. The van der Waals surface area contributed by atoms with Gasteiger partial charge in [0.15, 0.2) is 11.5 Å². The third-order valence-corrected chi connectivity index (χ3v) is 6.39. The number of anilines is 2. The Labute approximate surface area is 224 Å². The van der Waals surface area contributed by atoms with Gasteiger partial charge in [0.05, 0.1) is 13.3 Å². The molecule has 1 aromatic heterocycles. The third-order valence-electron chi connectivity index (χ3n) is 6.39. The van der Waals surface area contributed by atoms with E-state index in [0.29, 0.717) is 17.5 Å². The zero-order valence-corrected chi connectivity index (χ0v) is 21.0. The minimum absolute atomic E-state index is 0.0790. The van der Waals surface area contributed by atoms with E-state index in [4.69, 9.17) is 16.2 Å². The van der Waals surface area contributed by atoms with Gasteiger partial charge in [-0.25, -0.2) is 9.99 Å². The second-order valence-electron chi connectivity index (χ2n) is 8.94. The van der Waals surface area contributed by atoms with Crippen LogP contribution < -0.4 is 16.2 Å². The van der Waals surface area contributed by atoms with E-state index in [-0.39, 0.29) is 29.0 Å². The quantitative estimate of drug-likeness (QED) is 0.279. The fourth-order valence-corrected chi connectivity index (χ4v) is 4.46. The summed E-state index contributed by atoms with van der Waals surface area (Å²) in [7, 11) is 1.44. The number of hydrogen-bond acceptors (Lipinski definition) is 9. The lowest BCUT2D eigenvalue weighted by Crippen LogP contribution is -2.33. The van der Waals surface area contributed by atoms with E-state index in [1.807, 2.05) is 24.3 Å². The van der Waals surface area contributed by atoms with Crippen molar-refractivity contribution in [3.05, 3.63) is 106 Å². The molecule has 1 aliphatic heterocycles. The van der Waals surface area contributed by atoms with Crippen molar-refractivity contribution in [1.82, 2.24) is 15.0 Å². The average Bonchev–Trinajstić information content (AvgIpc) is 2.94. The molecule has 0 radical (unpaired) electrons. The van der Waals surface area contributed by atoms with Crippen LogP contribution in [0.2, 0.25) is 0 Å². The topological polar surface area (TPSA) is 160 Å². The van der Waals surface area contributed by atoms with Crippen molar-refractivity contribution in [3.63, 3.8) is 0 Å². The molecule has 0 spiro atoms. The van der Waals surface area contributed by atoms with Gasteiger partial charge in [0.1, 0.15) is 17.6 Å². The molecule has 0 saturated carbocycles. The van der Waals surface area contributed by atoms with Gasteiger partial charge < -0.3 is 26.4 Å². The van der Waals surface area contributed by atoms with Crippen molar-refractivity contribution in [1.29, 1.82) is 0 Å². The van der Waals surface area contributed by atoms with Gasteiger partial charge in [-0.15, -0.1) is 0 Å². The molecule has 10 heteroatoms. The van der Waals surface area contributed by atoms with E-state index in [1.165, 1.54) is 24.3 Å². The second-order valence-corrected chi connectivity index (χ2v) is 8.94. The number of ether oxygens (including phenoxy) is 1. The predicted molar refractivity (Wildman–Crippen MR) is 148 cm³/mol. The number of nitrogens with two attached hydrogens (primary N) is 2. The number of phenols is 2. The molecule has 0 saturated heterocycles. The third kappa shape index (κ3) is 5.21. The zero-order valence-electron chi connectivity index (χ0n) is 21.0. The van der Waals surface area contributed by atoms with Gasteiger partial charge in [0, 0.05) is 35.4 Å². The monoisotopic (exact) mass is 522 g/mol. The molecule has 4 aromatic rings. The molecule has 1 unspecified atom stereocenters. The van der Waals surface area contributed by atoms with Crippen molar-refractivity contribution in [2.75, 3.05) is 18.6 Å². The maximum Gasteiger partial charge on any atom is 0.267 e. The van der Waals surface area contributed by atoms with Gasteiger partial charge >= 0.3 is 0 Å². The first-order valence-corrected chi connectivity index (χ1v) is 12.0. The summed E-state index contributed by atoms with van der Waals surface area (Å²) in [6.07, 6.45) is 6.39. The number of carbonyl (C=O) groups excluding carboxylic acids is 1. The van der Waals surface area contributed by atoms with Gasteiger partial charge in [-0.3, -0.25) is 4.79 Å². The number of aromatic hydroxyl groups is 2. The molecule has 0 aliphatic carbocycles. The molecule has 5 rings (SSSR count). The number of fused-ring (bicyclic) bond motifs is 1. The summed E-state index contributed by atoms with van der Waals surface area (Å²) in [6.45, 7) is 0. The summed E-state index contributed by atoms with van der Waals surface area (Å²) in [5, 5.41) is 26.3. The van der Waals surface area contributed by atoms with Crippen molar-refractivity contribution in [2.24, 2.45) is 5.10 Å². The number of carbonyl (C=O) groups is 1. The smallest absolute Gasteiger partial charge is 0.267 e. The number of phenolic OH excluding ortho intramolecular Hbond substituents is 2. The predicted octanol–water partition coefficient (Wildman–Crippen LogP) is 3.63. The Balaban J connectivity index is 1.47. The highest BCUT2D eigenvalue weighted by Gasteiger charge is 2.30. The molecule has 1 aliphatic rings. The Hall–Kier alpha value is -5.38. The minimum Gasteiger partial charge on any atom is -0.508 e. The first-order valence-electron chi connectivity index (χ1n) is 12.0. The van der Waals surface area contributed by atoms with Crippen LogP contribution in [0, 0.1) is 0 Å². The van der Waals surface area contributed by atoms with Gasteiger partial charge in [-0.05, 0) is 47.0 Å². The number of hydrazone groups is 1. The molecular weight excluding hydrogens is 496 g/mol. The normalized spacial score (nSPS) is 14.4. The number of nitrogens with zero attached hydrogens (tertiary/aromatic N) is 4. The van der Waals surface area contributed by atoms with Crippen LogP contribution in [-0.2, 0) is 11.2 Å². The van der Waals surface area contributed by atoms with Crippen LogP contribution in [0.15, 0.2) is 78.0 Å². The highest BCUT2D eigenvalue weighted by Crippen LogP contribution is 2.36. The number of rotatable bonds is 6. The number of aromatic nitrogens is 2. The number of benzene rings is 3. The lowest BCUT2D eigenvalue weighted by molar-refractivity contribution is -0.127. The first kappa shape index (κ1) is 25.3.